The minimum atomic E-state index is 0.231. The zero-order valence-electron chi connectivity index (χ0n) is 11.8. The Hall–Kier alpha value is -1.17. The number of halogens is 1. The van der Waals surface area contributed by atoms with E-state index in [9.17, 15) is 0 Å². The fourth-order valence-electron chi connectivity index (χ4n) is 2.57. The van der Waals surface area contributed by atoms with Crippen molar-refractivity contribution in [3.8, 4) is 0 Å². The molecule has 3 rings (SSSR count). The fourth-order valence-corrected chi connectivity index (χ4v) is 4.60. The average Bonchev–Trinajstić information content (AvgIpc) is 2.81. The van der Waals surface area contributed by atoms with E-state index in [1.807, 2.05) is 31.3 Å². The summed E-state index contributed by atoms with van der Waals surface area (Å²) in [6.07, 6.45) is 10.5. The van der Waals surface area contributed by atoms with Gasteiger partial charge in [0.1, 0.15) is 6.17 Å². The Morgan fingerprint density at radius 2 is 2.33 bits per heavy atom. The summed E-state index contributed by atoms with van der Waals surface area (Å²) in [7, 11) is 0. The van der Waals surface area contributed by atoms with Crippen molar-refractivity contribution in [2.24, 2.45) is 0 Å². The van der Waals surface area contributed by atoms with Crippen molar-refractivity contribution in [1.82, 2.24) is 9.62 Å². The Balaban J connectivity index is 1.83. The van der Waals surface area contributed by atoms with Crippen LogP contribution in [0.15, 0.2) is 53.1 Å². The highest BCUT2D eigenvalue weighted by Gasteiger charge is 2.36. The second kappa shape index (κ2) is 6.30. The predicted octanol–water partition coefficient (Wildman–Crippen LogP) is 3.76. The van der Waals surface area contributed by atoms with Gasteiger partial charge in [0.25, 0.3) is 0 Å². The van der Waals surface area contributed by atoms with E-state index in [1.54, 1.807) is 11.9 Å². The summed E-state index contributed by atoms with van der Waals surface area (Å²) in [4.78, 5) is 1.48. The van der Waals surface area contributed by atoms with Crippen LogP contribution in [-0.2, 0) is 0 Å². The lowest BCUT2D eigenvalue weighted by Gasteiger charge is -2.26. The zero-order chi connectivity index (χ0) is 14.8. The lowest BCUT2D eigenvalue weighted by Crippen LogP contribution is -2.36. The zero-order valence-corrected chi connectivity index (χ0v) is 14.2. The molecule has 0 bridgehead atoms. The molecule has 0 aromatic heterocycles. The number of allylic oxidation sites excluding steroid dienone is 3. The van der Waals surface area contributed by atoms with E-state index >= 15 is 0 Å². The van der Waals surface area contributed by atoms with Gasteiger partial charge in [-0.15, -0.1) is 0 Å². The molecule has 2 atom stereocenters. The van der Waals surface area contributed by atoms with E-state index in [2.05, 4.69) is 49.8 Å². The number of dihydropyridines is 1. The molecule has 1 fully saturated rings. The number of anilines is 1. The van der Waals surface area contributed by atoms with Crippen LogP contribution >= 0.6 is 27.9 Å². The molecule has 2 aliphatic rings. The van der Waals surface area contributed by atoms with Crippen molar-refractivity contribution in [2.75, 3.05) is 12.3 Å². The van der Waals surface area contributed by atoms with Crippen molar-refractivity contribution in [3.63, 3.8) is 0 Å². The van der Waals surface area contributed by atoms with Crippen molar-refractivity contribution >= 4 is 39.6 Å². The molecule has 3 N–H and O–H groups in total. The molecule has 0 amide bonds. The number of rotatable bonds is 3. The highest BCUT2D eigenvalue weighted by atomic mass is 79.9. The maximum atomic E-state index is 6.29. The molecule has 110 valence electrons. The van der Waals surface area contributed by atoms with Gasteiger partial charge in [-0.1, -0.05) is 46.3 Å². The lowest BCUT2D eigenvalue weighted by atomic mass is 10.1. The molecular weight excluding hydrogens is 346 g/mol. The first-order chi connectivity index (χ1) is 10.2. The van der Waals surface area contributed by atoms with E-state index in [1.165, 1.54) is 5.57 Å². The van der Waals surface area contributed by atoms with Crippen molar-refractivity contribution in [2.45, 2.75) is 22.8 Å². The largest absolute Gasteiger partial charge is 0.397 e. The van der Waals surface area contributed by atoms with Gasteiger partial charge in [0.2, 0.25) is 0 Å². The van der Waals surface area contributed by atoms with E-state index in [4.69, 9.17) is 5.73 Å². The van der Waals surface area contributed by atoms with Crippen LogP contribution in [0, 0.1) is 0 Å². The molecule has 0 saturated carbocycles. The third-order valence-electron chi connectivity index (χ3n) is 3.61. The van der Waals surface area contributed by atoms with Gasteiger partial charge in [-0.2, -0.15) is 0 Å². The van der Waals surface area contributed by atoms with E-state index < -0.39 is 0 Å². The molecule has 1 saturated heterocycles. The molecule has 0 radical (unpaired) electrons. The van der Waals surface area contributed by atoms with E-state index in [0.717, 1.165) is 22.7 Å². The van der Waals surface area contributed by atoms with Crippen LogP contribution in [0.2, 0.25) is 0 Å². The number of nitrogens with zero attached hydrogens (tertiary/aromatic N) is 1. The number of para-hydroxylation sites is 1. The van der Waals surface area contributed by atoms with Crippen molar-refractivity contribution in [1.29, 1.82) is 0 Å². The molecule has 1 aromatic rings. The monoisotopic (exact) mass is 363 g/mol. The smallest absolute Gasteiger partial charge is 0.112 e. The third-order valence-corrected chi connectivity index (χ3v) is 5.57. The van der Waals surface area contributed by atoms with Crippen LogP contribution in [0.3, 0.4) is 0 Å². The second-order valence-electron chi connectivity index (χ2n) is 5.01. The number of hydrogen-bond acceptors (Lipinski definition) is 4. The van der Waals surface area contributed by atoms with Gasteiger partial charge >= 0.3 is 0 Å². The summed E-state index contributed by atoms with van der Waals surface area (Å²) >= 11 is 5.47. The van der Waals surface area contributed by atoms with Crippen LogP contribution in [0.4, 0.5) is 5.69 Å². The fraction of sp³-hybridized carbons (Fsp3) is 0.250. The first-order valence-corrected chi connectivity index (χ1v) is 8.62. The SMILES string of the molecule is C/C=C\c1cccc(SN2CC(Br)C3=CC=CNC32)c1N. The maximum absolute atomic E-state index is 6.29. The highest BCUT2D eigenvalue weighted by Crippen LogP contribution is 2.39. The Labute approximate surface area is 138 Å². The van der Waals surface area contributed by atoms with Gasteiger partial charge in [0, 0.05) is 11.4 Å². The summed E-state index contributed by atoms with van der Waals surface area (Å²) in [6.45, 7) is 2.95. The summed E-state index contributed by atoms with van der Waals surface area (Å²) < 4.78 is 2.33. The van der Waals surface area contributed by atoms with E-state index in [0.29, 0.717) is 4.83 Å². The molecule has 21 heavy (non-hydrogen) atoms. The standard InChI is InChI=1S/C16H18BrN3S/c1-2-5-11-6-3-8-14(15(11)18)21-20-10-13(17)12-7-4-9-19-16(12)20/h2-9,13,16,19H,10,18H2,1H3/b5-2-. The summed E-state index contributed by atoms with van der Waals surface area (Å²) in [6, 6.07) is 6.18. The van der Waals surface area contributed by atoms with Crippen molar-refractivity contribution in [3.05, 3.63) is 53.8 Å². The minimum absolute atomic E-state index is 0.231. The van der Waals surface area contributed by atoms with Gasteiger partial charge < -0.3 is 11.1 Å². The quantitative estimate of drug-likeness (QED) is 0.487. The van der Waals surface area contributed by atoms with Gasteiger partial charge in [-0.05, 0) is 48.4 Å². The topological polar surface area (TPSA) is 41.3 Å². The summed E-state index contributed by atoms with van der Waals surface area (Å²) in [5.41, 5.74) is 9.58. The Morgan fingerprint density at radius 1 is 1.48 bits per heavy atom. The molecule has 0 aliphatic carbocycles. The predicted molar refractivity (Wildman–Crippen MR) is 95.0 cm³/mol. The molecule has 2 aliphatic heterocycles. The Kier molecular flexibility index (Phi) is 4.42. The summed E-state index contributed by atoms with van der Waals surface area (Å²) in [5.74, 6) is 0. The third kappa shape index (κ3) is 2.91. The first-order valence-electron chi connectivity index (χ1n) is 6.93. The van der Waals surface area contributed by atoms with Crippen LogP contribution in [0.25, 0.3) is 6.08 Å². The molecule has 1 aromatic carbocycles. The maximum Gasteiger partial charge on any atom is 0.112 e. The Bertz CT molecular complexity index is 624. The average molecular weight is 364 g/mol. The van der Waals surface area contributed by atoms with Gasteiger partial charge in [0.15, 0.2) is 0 Å². The second-order valence-corrected chi connectivity index (χ2v) is 7.21. The minimum Gasteiger partial charge on any atom is -0.397 e. The van der Waals surface area contributed by atoms with Gasteiger partial charge in [0.05, 0.1) is 10.5 Å². The number of alkyl halides is 1. The number of nitrogen functional groups attached to an aromatic ring is 1. The number of benzene rings is 1. The number of nitrogens with one attached hydrogen (secondary N) is 1. The lowest BCUT2D eigenvalue weighted by molar-refractivity contribution is 0.430. The molecule has 3 nitrogen and oxygen atoms in total. The first kappa shape index (κ1) is 14.8. The van der Waals surface area contributed by atoms with E-state index in [-0.39, 0.29) is 6.17 Å². The van der Waals surface area contributed by atoms with Gasteiger partial charge in [-0.3, -0.25) is 0 Å². The van der Waals surface area contributed by atoms with Crippen LogP contribution < -0.4 is 11.1 Å². The van der Waals surface area contributed by atoms with Gasteiger partial charge in [-0.25, -0.2) is 4.31 Å². The Morgan fingerprint density at radius 3 is 3.14 bits per heavy atom. The number of fused-ring (bicyclic) bond motifs is 1. The molecule has 2 heterocycles. The molecular formula is C16H18BrN3S. The normalized spacial score (nSPS) is 25.0. The molecule has 0 spiro atoms. The number of nitrogens with two attached hydrogens (primary N) is 1. The summed E-state index contributed by atoms with van der Waals surface area (Å²) in [5, 5.41) is 3.41. The molecule has 5 heteroatoms. The highest BCUT2D eigenvalue weighted by molar-refractivity contribution is 9.09. The van der Waals surface area contributed by atoms with Crippen molar-refractivity contribution < 1.29 is 0 Å². The van der Waals surface area contributed by atoms with Crippen LogP contribution in [0.1, 0.15) is 12.5 Å². The van der Waals surface area contributed by atoms with Crippen LogP contribution in [0.5, 0.6) is 0 Å². The van der Waals surface area contributed by atoms with Crippen LogP contribution in [-0.4, -0.2) is 21.8 Å². The molecule has 2 unspecified atom stereocenters. The number of hydrogen-bond donors (Lipinski definition) is 2.